The summed E-state index contributed by atoms with van der Waals surface area (Å²) in [5.74, 6) is -2.35. The molecule has 4 amide bonds. The largest absolute Gasteiger partial charge is 0.364 e. The molecule has 0 atom stereocenters. The van der Waals surface area contributed by atoms with Crippen molar-refractivity contribution in [3.05, 3.63) is 121 Å². The molecule has 26 nitrogen and oxygen atoms in total. The van der Waals surface area contributed by atoms with Crippen LogP contribution in [-0.4, -0.2) is 169 Å². The lowest BCUT2D eigenvalue weighted by Crippen LogP contribution is -2.48. The van der Waals surface area contributed by atoms with Gasteiger partial charge in [-0.2, -0.15) is 15.3 Å². The summed E-state index contributed by atoms with van der Waals surface area (Å²) < 4.78 is 5.58. The first-order valence-corrected chi connectivity index (χ1v) is 29.0. The van der Waals surface area contributed by atoms with Crippen molar-refractivity contribution in [1.29, 1.82) is 0 Å². The van der Waals surface area contributed by atoms with E-state index in [4.69, 9.17) is 16.5 Å². The summed E-state index contributed by atoms with van der Waals surface area (Å²) in [5.41, 5.74) is 19.0. The van der Waals surface area contributed by atoms with Crippen LogP contribution in [0, 0.1) is 20.8 Å². The normalized spacial score (nSPS) is 14.7. The first-order chi connectivity index (χ1) is 40.9. The molecule has 3 saturated heterocycles. The maximum atomic E-state index is 13.0. The van der Waals surface area contributed by atoms with Gasteiger partial charge in [0, 0.05) is 85.8 Å². The quantitative estimate of drug-likeness (QED) is 0.0642. The Morgan fingerprint density at radius 1 is 0.523 bits per heavy atom. The lowest BCUT2D eigenvalue weighted by atomic mass is 10.1. The number of likely N-dealkylation sites (tertiary alicyclic amines) is 3. The number of Topliss-reactive ketones (excluding diaryl/α,β-unsaturated/α-hetero) is 3. The van der Waals surface area contributed by atoms with Gasteiger partial charge in [0.2, 0.25) is 0 Å². The third kappa shape index (κ3) is 13.0. The molecule has 7 N–H and O–H groups in total. The number of hydrogen-bond donors (Lipinski definition) is 5. The Hall–Kier alpha value is -9.01. The second-order valence-corrected chi connectivity index (χ2v) is 21.7. The summed E-state index contributed by atoms with van der Waals surface area (Å²) in [6.07, 6.45) is 6.30. The lowest BCUT2D eigenvalue weighted by molar-refractivity contribution is 0.0962. The summed E-state index contributed by atoms with van der Waals surface area (Å²) in [4.78, 5) is 125. The Kier molecular flexibility index (Phi) is 19.4. The highest BCUT2D eigenvalue weighted by molar-refractivity contribution is 6.11. The minimum atomic E-state index is -0.701. The zero-order valence-corrected chi connectivity index (χ0v) is 50.9. The number of nitrogens with one attached hydrogen (secondary N) is 3. The molecule has 3 aliphatic rings. The molecule has 0 aromatic carbocycles. The molecule has 3 aliphatic heterocycles. The van der Waals surface area contributed by atoms with Crippen molar-refractivity contribution >= 4 is 63.4 Å². The molecule has 3 fully saturated rings. The van der Waals surface area contributed by atoms with Crippen LogP contribution in [0.25, 0.3) is 22.4 Å². The number of fused-ring (bicyclic) bond motifs is 1. The number of aromatic amines is 1. The number of carbonyl (C=O) groups excluding carboxylic acids is 7. The number of primary amides is 2. The van der Waals surface area contributed by atoms with E-state index in [0.29, 0.717) is 80.4 Å². The maximum Gasteiger partial charge on any atom is 0.279 e. The highest BCUT2D eigenvalue weighted by atomic mass is 16.2. The number of H-pyrrole nitrogens is 1. The number of amides is 4. The number of carbonyl (C=O) groups is 7. The molecule has 26 heteroatoms. The van der Waals surface area contributed by atoms with Crippen molar-refractivity contribution in [3.63, 3.8) is 0 Å². The van der Waals surface area contributed by atoms with Crippen LogP contribution < -0.4 is 27.7 Å². The molecule has 86 heavy (non-hydrogen) atoms. The molecule has 0 spiro atoms. The predicted molar refractivity (Wildman–Crippen MR) is 323 cm³/mol. The van der Waals surface area contributed by atoms with Crippen molar-refractivity contribution in [2.75, 3.05) is 69.5 Å². The number of hydrogen-bond acceptors (Lipinski definition) is 18. The highest BCUT2D eigenvalue weighted by Gasteiger charge is 2.35. The summed E-state index contributed by atoms with van der Waals surface area (Å²) in [5, 5.41) is 19.0. The Morgan fingerprint density at radius 2 is 0.884 bits per heavy atom. The molecule has 454 valence electrons. The number of nitrogens with zero attached hydrogens (tertiary/aromatic N) is 13. The topological polar surface area (TPSA) is 343 Å². The van der Waals surface area contributed by atoms with Gasteiger partial charge < -0.3 is 27.1 Å². The van der Waals surface area contributed by atoms with Gasteiger partial charge in [0.25, 0.3) is 29.2 Å². The summed E-state index contributed by atoms with van der Waals surface area (Å²) in [7, 11) is 0. The van der Waals surface area contributed by atoms with E-state index in [1.807, 2.05) is 25.5 Å². The Bertz CT molecular complexity index is 3700. The molecule has 0 radical (unpaired) electrons. The van der Waals surface area contributed by atoms with Gasteiger partial charge in [-0.05, 0) is 98.6 Å². The Balaban J connectivity index is 0.000000168. The summed E-state index contributed by atoms with van der Waals surface area (Å²) in [6.45, 7) is 29.9. The van der Waals surface area contributed by atoms with E-state index >= 15 is 0 Å². The van der Waals surface area contributed by atoms with Gasteiger partial charge in [0.15, 0.2) is 34.3 Å². The van der Waals surface area contributed by atoms with Crippen LogP contribution >= 0.6 is 0 Å². The number of aromatic nitrogens is 11. The third-order valence-electron chi connectivity index (χ3n) is 16.0. The number of anilines is 2. The van der Waals surface area contributed by atoms with Crippen molar-refractivity contribution < 1.29 is 33.6 Å². The molecule has 0 unspecified atom stereocenters. The van der Waals surface area contributed by atoms with Crippen LogP contribution in [0.2, 0.25) is 0 Å². The van der Waals surface area contributed by atoms with Gasteiger partial charge >= 0.3 is 0 Å². The SMILES string of the molecule is CCc1c(NC(=O)c2cc(C(C)=O)cnc2C)c(C(N)=O)nn1C1CN(CC)C1.CCc1c(NC(=O)c2cc(C(C)=O)cnc2C)c(C(N)=O)nn1C1CN(CC)C1.CCc1c2nc(-c3cc(C(C)=O)cnc3C)[nH]c(=O)c2nn1C1CN(CC)C1. The van der Waals surface area contributed by atoms with Crippen LogP contribution in [-0.2, 0) is 19.3 Å². The van der Waals surface area contributed by atoms with E-state index < -0.39 is 23.6 Å². The third-order valence-corrected chi connectivity index (χ3v) is 16.0. The second kappa shape index (κ2) is 26.5. The van der Waals surface area contributed by atoms with Crippen molar-refractivity contribution in [3.8, 4) is 11.4 Å². The maximum absolute atomic E-state index is 13.0. The van der Waals surface area contributed by atoms with E-state index in [0.717, 1.165) is 82.4 Å². The molecule has 10 rings (SSSR count). The van der Waals surface area contributed by atoms with Crippen molar-refractivity contribution in [2.24, 2.45) is 11.5 Å². The van der Waals surface area contributed by atoms with E-state index in [1.54, 1.807) is 35.5 Å². The van der Waals surface area contributed by atoms with E-state index in [-0.39, 0.29) is 63.5 Å². The van der Waals surface area contributed by atoms with Gasteiger partial charge in [-0.25, -0.2) is 4.98 Å². The molecule has 0 bridgehead atoms. The number of rotatable bonds is 19. The average Bonchev–Trinajstić information content (AvgIpc) is 1.67. The van der Waals surface area contributed by atoms with Gasteiger partial charge in [0.1, 0.15) is 11.3 Å². The summed E-state index contributed by atoms with van der Waals surface area (Å²) in [6, 6.07) is 5.29. The van der Waals surface area contributed by atoms with Crippen LogP contribution in [0.5, 0.6) is 0 Å². The van der Waals surface area contributed by atoms with Gasteiger partial charge in [-0.3, -0.25) is 82.1 Å². The van der Waals surface area contributed by atoms with Gasteiger partial charge in [-0.15, -0.1) is 0 Å². The van der Waals surface area contributed by atoms with Gasteiger partial charge in [-0.1, -0.05) is 41.5 Å². The van der Waals surface area contributed by atoms with Crippen molar-refractivity contribution in [2.45, 2.75) is 120 Å². The molecule has 10 heterocycles. The van der Waals surface area contributed by atoms with E-state index in [9.17, 15) is 38.4 Å². The minimum absolute atomic E-state index is 0.0403. The van der Waals surface area contributed by atoms with Crippen LogP contribution in [0.15, 0.2) is 41.6 Å². The summed E-state index contributed by atoms with van der Waals surface area (Å²) >= 11 is 0. The smallest absolute Gasteiger partial charge is 0.279 e. The van der Waals surface area contributed by atoms with Crippen LogP contribution in [0.1, 0.15) is 187 Å². The lowest BCUT2D eigenvalue weighted by Gasteiger charge is -2.39. The molecule has 7 aromatic heterocycles. The van der Waals surface area contributed by atoms with E-state index in [2.05, 4.69) is 88.3 Å². The fourth-order valence-corrected chi connectivity index (χ4v) is 10.7. The predicted octanol–water partition coefficient (Wildman–Crippen LogP) is 5.29. The monoisotopic (exact) mass is 1180 g/mol. The minimum Gasteiger partial charge on any atom is -0.364 e. The Labute approximate surface area is 497 Å². The molecular weight excluding hydrogens is 1100 g/mol. The van der Waals surface area contributed by atoms with E-state index in [1.165, 1.54) is 45.3 Å². The number of aryl methyl sites for hydroxylation is 4. The second-order valence-electron chi connectivity index (χ2n) is 21.7. The molecule has 7 aromatic rings. The number of nitrogens with two attached hydrogens (primary N) is 2. The molecule has 0 aliphatic carbocycles. The first kappa shape index (κ1) is 63.0. The highest BCUT2D eigenvalue weighted by Crippen LogP contribution is 2.33. The first-order valence-electron chi connectivity index (χ1n) is 29.0. The van der Waals surface area contributed by atoms with Gasteiger partial charge in [0.05, 0.1) is 69.1 Å². The number of ketones is 3. The molecule has 0 saturated carbocycles. The fraction of sp³-hybridized carbons (Fsp3) is 0.450. The van der Waals surface area contributed by atoms with Crippen LogP contribution in [0.3, 0.4) is 0 Å². The zero-order valence-electron chi connectivity index (χ0n) is 50.9. The molecular formula is C60H76N18O8. The fourth-order valence-electron chi connectivity index (χ4n) is 10.7. The Morgan fingerprint density at radius 3 is 1.23 bits per heavy atom. The average molecular weight is 1180 g/mol. The number of pyridine rings is 3. The van der Waals surface area contributed by atoms with Crippen LogP contribution in [0.4, 0.5) is 11.4 Å². The number of likely N-dealkylation sites (N-methyl/N-ethyl adjacent to an activating group) is 3. The zero-order chi connectivity index (χ0) is 62.6. The standard InChI is InChI=1S/2C20H26N6O3.C20H24N6O2/c2*1-5-16-17(18(19(21)28)24-26(16)14-9-25(6-2)10-14)23-20(29)15-7-13(12(4)27)8-22-11(15)3;1-5-16-17-18(24-26(16)14-9-25(6-2)10-14)20(28)23-19(22-17)15-7-13(12(4)27)8-21-11(15)3/h2*7-8,14H,5-6,9-10H2,1-4H3,(H2,21,28)(H,23,29);7-8,14H,5-6,9-10H2,1-4H3,(H,22,23,28). The van der Waals surface area contributed by atoms with Crippen molar-refractivity contribution in [1.82, 2.24) is 69.0 Å².